The van der Waals surface area contributed by atoms with E-state index in [2.05, 4.69) is 37.9 Å². The van der Waals surface area contributed by atoms with Crippen molar-refractivity contribution in [2.45, 2.75) is 52.8 Å². The molecule has 0 radical (unpaired) electrons. The Balaban J connectivity index is 2.41. The van der Waals surface area contributed by atoms with Gasteiger partial charge in [0, 0.05) is 25.2 Å². The Morgan fingerprint density at radius 1 is 1.04 bits per heavy atom. The molecule has 1 unspecified atom stereocenters. The summed E-state index contributed by atoms with van der Waals surface area (Å²) < 4.78 is 10.7. The smallest absolute Gasteiger partial charge is 0.260 e. The molecule has 0 aliphatic rings. The highest BCUT2D eigenvalue weighted by Gasteiger charge is 2.16. The zero-order chi connectivity index (χ0) is 17.4. The van der Waals surface area contributed by atoms with Crippen molar-refractivity contribution >= 4 is 5.91 Å². The molecule has 1 amide bonds. The van der Waals surface area contributed by atoms with E-state index in [-0.39, 0.29) is 5.91 Å². The number of hydrogen-bond donors (Lipinski definition) is 1. The Hall–Kier alpha value is -1.75. The molecule has 5 heteroatoms. The molecule has 1 rings (SSSR count). The zero-order valence-electron chi connectivity index (χ0n) is 15.1. The first-order valence-electron chi connectivity index (χ1n) is 8.19. The lowest BCUT2D eigenvalue weighted by atomic mass is 10.2. The van der Waals surface area contributed by atoms with Gasteiger partial charge in [0.1, 0.15) is 11.5 Å². The fourth-order valence-electron chi connectivity index (χ4n) is 2.48. The molecule has 0 heterocycles. The molecule has 0 saturated heterocycles. The van der Waals surface area contributed by atoms with Crippen molar-refractivity contribution < 1.29 is 14.3 Å². The zero-order valence-corrected chi connectivity index (χ0v) is 15.1. The summed E-state index contributed by atoms with van der Waals surface area (Å²) in [5.74, 6) is 1.31. The molecule has 1 aromatic carbocycles. The molecule has 0 fully saturated rings. The van der Waals surface area contributed by atoms with Crippen LogP contribution in [-0.2, 0) is 4.79 Å². The van der Waals surface area contributed by atoms with Gasteiger partial charge in [-0.1, -0.05) is 0 Å². The van der Waals surface area contributed by atoms with Crippen LogP contribution in [-0.4, -0.2) is 49.2 Å². The van der Waals surface area contributed by atoms with Crippen LogP contribution in [0, 0.1) is 0 Å². The van der Waals surface area contributed by atoms with Crippen LogP contribution in [0.25, 0.3) is 0 Å². The van der Waals surface area contributed by atoms with E-state index in [9.17, 15) is 4.79 Å². The second kappa shape index (κ2) is 9.40. The van der Waals surface area contributed by atoms with Crippen LogP contribution in [0.5, 0.6) is 11.5 Å². The number of methoxy groups -OCH3 is 1. The number of rotatable bonds is 9. The van der Waals surface area contributed by atoms with Gasteiger partial charge in [-0.2, -0.15) is 0 Å². The molecule has 1 N–H and O–H groups in total. The van der Waals surface area contributed by atoms with E-state index in [1.54, 1.807) is 26.2 Å². The van der Waals surface area contributed by atoms with Gasteiger partial charge < -0.3 is 14.8 Å². The fraction of sp³-hybridized carbons (Fsp3) is 0.611. The van der Waals surface area contributed by atoms with E-state index in [1.165, 1.54) is 0 Å². The number of carbonyl (C=O) groups is 1. The van der Waals surface area contributed by atoms with Crippen LogP contribution < -0.4 is 14.8 Å². The van der Waals surface area contributed by atoms with Crippen LogP contribution in [0.2, 0.25) is 0 Å². The summed E-state index contributed by atoms with van der Waals surface area (Å²) in [7, 11) is 1.61. The lowest BCUT2D eigenvalue weighted by Crippen LogP contribution is -2.44. The van der Waals surface area contributed by atoms with Crippen LogP contribution in [0.1, 0.15) is 34.6 Å². The minimum absolute atomic E-state index is 0.103. The maximum Gasteiger partial charge on any atom is 0.260 e. The van der Waals surface area contributed by atoms with E-state index >= 15 is 0 Å². The monoisotopic (exact) mass is 322 g/mol. The van der Waals surface area contributed by atoms with Gasteiger partial charge in [-0.25, -0.2) is 0 Å². The standard InChI is InChI=1S/C18H30N2O3/c1-13(2)20(14(3)4)12-11-19-18(21)15(5)23-17-9-7-16(22-6)8-10-17/h7-10,13-15H,11-12H2,1-6H3,(H,19,21). The van der Waals surface area contributed by atoms with Gasteiger partial charge in [0.15, 0.2) is 6.10 Å². The molecule has 23 heavy (non-hydrogen) atoms. The summed E-state index contributed by atoms with van der Waals surface area (Å²) in [6, 6.07) is 8.12. The molecule has 1 atom stereocenters. The fourth-order valence-corrected chi connectivity index (χ4v) is 2.48. The number of hydrogen-bond acceptors (Lipinski definition) is 4. The van der Waals surface area contributed by atoms with Crippen molar-refractivity contribution in [2.24, 2.45) is 0 Å². The molecular formula is C18H30N2O3. The highest BCUT2D eigenvalue weighted by Crippen LogP contribution is 2.18. The topological polar surface area (TPSA) is 50.8 Å². The van der Waals surface area contributed by atoms with E-state index in [0.717, 1.165) is 12.3 Å². The Bertz CT molecular complexity index is 464. The minimum atomic E-state index is -0.532. The van der Waals surface area contributed by atoms with Gasteiger partial charge in [-0.3, -0.25) is 9.69 Å². The quantitative estimate of drug-likeness (QED) is 0.759. The first-order valence-corrected chi connectivity index (χ1v) is 8.19. The Morgan fingerprint density at radius 3 is 2.04 bits per heavy atom. The molecule has 5 nitrogen and oxygen atoms in total. The molecule has 130 valence electrons. The van der Waals surface area contributed by atoms with Crippen molar-refractivity contribution in [3.8, 4) is 11.5 Å². The van der Waals surface area contributed by atoms with Crippen molar-refractivity contribution in [1.82, 2.24) is 10.2 Å². The van der Waals surface area contributed by atoms with Crippen molar-refractivity contribution in [3.63, 3.8) is 0 Å². The van der Waals surface area contributed by atoms with Gasteiger partial charge >= 0.3 is 0 Å². The predicted molar refractivity (Wildman–Crippen MR) is 93.1 cm³/mol. The number of benzene rings is 1. The molecule has 0 bridgehead atoms. The number of ether oxygens (including phenoxy) is 2. The summed E-state index contributed by atoms with van der Waals surface area (Å²) in [5, 5.41) is 2.94. The molecule has 0 spiro atoms. The van der Waals surface area contributed by atoms with Crippen molar-refractivity contribution in [1.29, 1.82) is 0 Å². The average Bonchev–Trinajstić information content (AvgIpc) is 2.51. The largest absolute Gasteiger partial charge is 0.497 e. The van der Waals surface area contributed by atoms with Crippen molar-refractivity contribution in [2.75, 3.05) is 20.2 Å². The minimum Gasteiger partial charge on any atom is -0.497 e. The number of carbonyl (C=O) groups excluding carboxylic acids is 1. The number of amides is 1. The highest BCUT2D eigenvalue weighted by molar-refractivity contribution is 5.80. The second-order valence-corrected chi connectivity index (χ2v) is 6.15. The summed E-state index contributed by atoms with van der Waals surface area (Å²) >= 11 is 0. The van der Waals surface area contributed by atoms with Gasteiger partial charge in [0.05, 0.1) is 7.11 Å². The summed E-state index contributed by atoms with van der Waals surface area (Å²) in [4.78, 5) is 14.5. The van der Waals surface area contributed by atoms with E-state index < -0.39 is 6.10 Å². The molecule has 0 saturated carbocycles. The van der Waals surface area contributed by atoms with Crippen LogP contribution in [0.3, 0.4) is 0 Å². The lowest BCUT2D eigenvalue weighted by molar-refractivity contribution is -0.127. The molecule has 0 aliphatic heterocycles. The van der Waals surface area contributed by atoms with Gasteiger partial charge in [0.2, 0.25) is 0 Å². The first-order chi connectivity index (χ1) is 10.8. The van der Waals surface area contributed by atoms with Gasteiger partial charge in [-0.15, -0.1) is 0 Å². The number of nitrogens with zero attached hydrogens (tertiary/aromatic N) is 1. The van der Waals surface area contributed by atoms with Gasteiger partial charge in [0.25, 0.3) is 5.91 Å². The summed E-state index contributed by atoms with van der Waals surface area (Å²) in [6.45, 7) is 11.9. The molecule has 0 aliphatic carbocycles. The Kier molecular flexibility index (Phi) is 7.89. The normalized spacial score (nSPS) is 12.6. The average molecular weight is 322 g/mol. The summed E-state index contributed by atoms with van der Waals surface area (Å²) in [6.07, 6.45) is -0.532. The van der Waals surface area contributed by atoms with Crippen LogP contribution >= 0.6 is 0 Å². The molecule has 1 aromatic rings. The van der Waals surface area contributed by atoms with E-state index in [4.69, 9.17) is 9.47 Å². The first kappa shape index (κ1) is 19.3. The van der Waals surface area contributed by atoms with Crippen LogP contribution in [0.15, 0.2) is 24.3 Å². The third kappa shape index (κ3) is 6.48. The third-order valence-corrected chi connectivity index (χ3v) is 3.74. The molecular weight excluding hydrogens is 292 g/mol. The summed E-state index contributed by atoms with van der Waals surface area (Å²) in [5.41, 5.74) is 0. The maximum absolute atomic E-state index is 12.1. The van der Waals surface area contributed by atoms with Crippen LogP contribution in [0.4, 0.5) is 0 Å². The van der Waals surface area contributed by atoms with E-state index in [0.29, 0.717) is 24.4 Å². The second-order valence-electron chi connectivity index (χ2n) is 6.15. The Morgan fingerprint density at radius 2 is 1.57 bits per heavy atom. The predicted octanol–water partition coefficient (Wildman–Crippen LogP) is 2.70. The van der Waals surface area contributed by atoms with Crippen molar-refractivity contribution in [3.05, 3.63) is 24.3 Å². The maximum atomic E-state index is 12.1. The lowest BCUT2D eigenvalue weighted by Gasteiger charge is -2.30. The number of nitrogens with one attached hydrogen (secondary N) is 1. The third-order valence-electron chi connectivity index (χ3n) is 3.74. The van der Waals surface area contributed by atoms with Gasteiger partial charge in [-0.05, 0) is 58.9 Å². The highest BCUT2D eigenvalue weighted by atomic mass is 16.5. The Labute approximate surface area is 140 Å². The molecule has 0 aromatic heterocycles. The van der Waals surface area contributed by atoms with E-state index in [1.807, 2.05) is 12.1 Å². The SMILES string of the molecule is COc1ccc(OC(C)C(=O)NCCN(C(C)C)C(C)C)cc1.